The number of nitrogens with one attached hydrogen (secondary N) is 1. The van der Waals surface area contributed by atoms with Gasteiger partial charge in [-0.15, -0.1) is 0 Å². The van der Waals surface area contributed by atoms with Crippen LogP contribution in [-0.2, 0) is 14.8 Å². The molecule has 1 atom stereocenters. The topological polar surface area (TPSA) is 107 Å². The molecular formula is C15H20N2O4S. The summed E-state index contributed by atoms with van der Waals surface area (Å²) in [6.07, 6.45) is 0.384. The maximum atomic E-state index is 12.3. The molecule has 1 aromatic rings. The smallest absolute Gasteiger partial charge is 0.307 e. The first-order valence-corrected chi connectivity index (χ1v) is 8.39. The largest absolute Gasteiger partial charge is 0.481 e. The Morgan fingerprint density at radius 1 is 1.41 bits per heavy atom. The zero-order valence-corrected chi connectivity index (χ0v) is 13.6. The average Bonchev–Trinajstić information content (AvgIpc) is 2.43. The van der Waals surface area contributed by atoms with E-state index in [9.17, 15) is 13.2 Å². The van der Waals surface area contributed by atoms with E-state index in [-0.39, 0.29) is 22.9 Å². The van der Waals surface area contributed by atoms with Crippen molar-refractivity contribution in [2.24, 2.45) is 11.8 Å². The van der Waals surface area contributed by atoms with Crippen molar-refractivity contribution in [3.8, 4) is 6.07 Å². The molecule has 0 aromatic heterocycles. The number of carboxylic acids is 1. The molecule has 1 aromatic carbocycles. The van der Waals surface area contributed by atoms with Gasteiger partial charge in [0.25, 0.3) is 0 Å². The number of carbonyl (C=O) groups is 1. The van der Waals surface area contributed by atoms with Crippen LogP contribution in [0.3, 0.4) is 0 Å². The second-order valence-corrected chi connectivity index (χ2v) is 7.34. The summed E-state index contributed by atoms with van der Waals surface area (Å²) >= 11 is 0. The van der Waals surface area contributed by atoms with Gasteiger partial charge in [-0.3, -0.25) is 4.79 Å². The second kappa shape index (κ2) is 7.38. The van der Waals surface area contributed by atoms with Gasteiger partial charge in [-0.05, 0) is 37.0 Å². The number of hydrogen-bond donors (Lipinski definition) is 2. The van der Waals surface area contributed by atoms with Gasteiger partial charge >= 0.3 is 5.97 Å². The molecule has 0 amide bonds. The Hall–Kier alpha value is -1.91. The molecule has 0 saturated carbocycles. The van der Waals surface area contributed by atoms with Crippen LogP contribution in [0.2, 0.25) is 0 Å². The fourth-order valence-electron chi connectivity index (χ4n) is 2.09. The molecule has 7 heteroatoms. The van der Waals surface area contributed by atoms with Crippen molar-refractivity contribution >= 4 is 16.0 Å². The molecule has 0 aliphatic carbocycles. The molecule has 0 heterocycles. The van der Waals surface area contributed by atoms with E-state index < -0.39 is 21.9 Å². The van der Waals surface area contributed by atoms with Crippen LogP contribution in [0.4, 0.5) is 0 Å². The van der Waals surface area contributed by atoms with E-state index >= 15 is 0 Å². The zero-order valence-electron chi connectivity index (χ0n) is 12.8. The summed E-state index contributed by atoms with van der Waals surface area (Å²) in [5.74, 6) is -1.66. The Balaban J connectivity index is 2.96. The maximum Gasteiger partial charge on any atom is 0.307 e. The Kier molecular flexibility index (Phi) is 6.09. The van der Waals surface area contributed by atoms with Crippen LogP contribution in [-0.4, -0.2) is 26.0 Å². The first kappa shape index (κ1) is 18.1. The SMILES string of the molecule is Cc1ccc(C#N)cc1S(=O)(=O)NCC(CC(C)C)C(=O)O. The molecule has 0 spiro atoms. The molecule has 22 heavy (non-hydrogen) atoms. The minimum absolute atomic E-state index is 0.000218. The summed E-state index contributed by atoms with van der Waals surface area (Å²) in [6, 6.07) is 6.26. The summed E-state index contributed by atoms with van der Waals surface area (Å²) in [5.41, 5.74) is 0.741. The standard InChI is InChI=1S/C15H20N2O4S/c1-10(2)6-13(15(18)19)9-17-22(20,21)14-7-12(8-16)5-4-11(14)3/h4-5,7,10,13,17H,6,9H2,1-3H3,(H,18,19). The number of carboxylic acid groups (broad SMARTS) is 1. The Morgan fingerprint density at radius 2 is 2.05 bits per heavy atom. The quantitative estimate of drug-likeness (QED) is 0.796. The van der Waals surface area contributed by atoms with Gasteiger partial charge in [0.05, 0.1) is 22.4 Å². The first-order valence-electron chi connectivity index (χ1n) is 6.90. The number of nitriles is 1. The molecule has 1 rings (SSSR count). The van der Waals surface area contributed by atoms with Crippen molar-refractivity contribution in [3.05, 3.63) is 29.3 Å². The van der Waals surface area contributed by atoms with Gasteiger partial charge in [-0.2, -0.15) is 5.26 Å². The van der Waals surface area contributed by atoms with Crippen molar-refractivity contribution in [2.45, 2.75) is 32.1 Å². The predicted molar refractivity (Wildman–Crippen MR) is 81.7 cm³/mol. The van der Waals surface area contributed by atoms with E-state index in [1.54, 1.807) is 13.0 Å². The molecular weight excluding hydrogens is 304 g/mol. The molecule has 0 aliphatic heterocycles. The second-order valence-electron chi connectivity index (χ2n) is 5.61. The lowest BCUT2D eigenvalue weighted by Crippen LogP contribution is -2.34. The number of nitrogens with zero attached hydrogens (tertiary/aromatic N) is 1. The molecule has 0 bridgehead atoms. The van der Waals surface area contributed by atoms with Crippen molar-refractivity contribution < 1.29 is 18.3 Å². The lowest BCUT2D eigenvalue weighted by molar-refractivity contribution is -0.142. The van der Waals surface area contributed by atoms with Crippen LogP contribution in [0.15, 0.2) is 23.1 Å². The summed E-state index contributed by atoms with van der Waals surface area (Å²) in [5, 5.41) is 18.0. The van der Waals surface area contributed by atoms with Crippen LogP contribution in [0.25, 0.3) is 0 Å². The van der Waals surface area contributed by atoms with Crippen LogP contribution < -0.4 is 4.72 Å². The summed E-state index contributed by atoms with van der Waals surface area (Å²) in [4.78, 5) is 11.2. The van der Waals surface area contributed by atoms with Crippen molar-refractivity contribution in [1.29, 1.82) is 5.26 Å². The highest BCUT2D eigenvalue weighted by molar-refractivity contribution is 7.89. The first-order chi connectivity index (χ1) is 10.2. The van der Waals surface area contributed by atoms with Gasteiger partial charge in [0.15, 0.2) is 0 Å². The fourth-order valence-corrected chi connectivity index (χ4v) is 3.44. The van der Waals surface area contributed by atoms with Gasteiger partial charge in [-0.25, -0.2) is 13.1 Å². The maximum absolute atomic E-state index is 12.3. The Bertz CT molecular complexity index is 690. The molecule has 1 unspecified atom stereocenters. The Labute approximate surface area is 130 Å². The number of rotatable bonds is 7. The highest BCUT2D eigenvalue weighted by Crippen LogP contribution is 2.18. The normalized spacial score (nSPS) is 12.9. The van der Waals surface area contributed by atoms with Crippen LogP contribution in [0.1, 0.15) is 31.4 Å². The summed E-state index contributed by atoms with van der Waals surface area (Å²) in [7, 11) is -3.85. The van der Waals surface area contributed by atoms with Crippen molar-refractivity contribution in [3.63, 3.8) is 0 Å². The molecule has 0 radical (unpaired) electrons. The van der Waals surface area contributed by atoms with Crippen LogP contribution in [0.5, 0.6) is 0 Å². The van der Waals surface area contributed by atoms with Crippen LogP contribution >= 0.6 is 0 Å². The third-order valence-corrected chi connectivity index (χ3v) is 4.80. The van der Waals surface area contributed by atoms with Gasteiger partial charge in [0, 0.05) is 6.54 Å². The molecule has 6 nitrogen and oxygen atoms in total. The molecule has 2 N–H and O–H groups in total. The monoisotopic (exact) mass is 324 g/mol. The minimum atomic E-state index is -3.85. The highest BCUT2D eigenvalue weighted by Gasteiger charge is 2.23. The molecule has 0 saturated heterocycles. The van der Waals surface area contributed by atoms with Gasteiger partial charge < -0.3 is 5.11 Å². The number of aliphatic carboxylic acids is 1. The lowest BCUT2D eigenvalue weighted by atomic mass is 9.98. The summed E-state index contributed by atoms with van der Waals surface area (Å²) in [6.45, 7) is 5.21. The van der Waals surface area contributed by atoms with Gasteiger partial charge in [0.2, 0.25) is 10.0 Å². The summed E-state index contributed by atoms with van der Waals surface area (Å²) < 4.78 is 27.0. The van der Waals surface area contributed by atoms with Crippen LogP contribution in [0, 0.1) is 30.1 Å². The third-order valence-electron chi connectivity index (χ3n) is 3.23. The van der Waals surface area contributed by atoms with E-state index in [2.05, 4.69) is 4.72 Å². The van der Waals surface area contributed by atoms with Gasteiger partial charge in [0.1, 0.15) is 0 Å². The minimum Gasteiger partial charge on any atom is -0.481 e. The molecule has 0 aliphatic rings. The van der Waals surface area contributed by atoms with E-state index in [0.29, 0.717) is 12.0 Å². The number of aryl methyl sites for hydroxylation is 1. The van der Waals surface area contributed by atoms with Crippen molar-refractivity contribution in [1.82, 2.24) is 4.72 Å². The average molecular weight is 324 g/mol. The van der Waals surface area contributed by atoms with Gasteiger partial charge in [-0.1, -0.05) is 19.9 Å². The third kappa shape index (κ3) is 4.83. The number of benzene rings is 1. The highest BCUT2D eigenvalue weighted by atomic mass is 32.2. The van der Waals surface area contributed by atoms with E-state index in [4.69, 9.17) is 10.4 Å². The van der Waals surface area contributed by atoms with E-state index in [1.165, 1.54) is 12.1 Å². The van der Waals surface area contributed by atoms with Crippen molar-refractivity contribution in [2.75, 3.05) is 6.54 Å². The lowest BCUT2D eigenvalue weighted by Gasteiger charge is -2.16. The number of hydrogen-bond acceptors (Lipinski definition) is 4. The molecule has 0 fully saturated rings. The van der Waals surface area contributed by atoms with E-state index in [1.807, 2.05) is 19.9 Å². The fraction of sp³-hybridized carbons (Fsp3) is 0.467. The number of sulfonamides is 1. The molecule has 120 valence electrons. The predicted octanol–water partition coefficient (Wildman–Crippen LogP) is 1.89. The van der Waals surface area contributed by atoms with E-state index in [0.717, 1.165) is 0 Å². The zero-order chi connectivity index (χ0) is 16.9. The Morgan fingerprint density at radius 3 is 2.55 bits per heavy atom.